The minimum atomic E-state index is -0.707. The Kier molecular flexibility index (Phi) is 5.81. The first-order valence-corrected chi connectivity index (χ1v) is 7.31. The highest BCUT2D eigenvalue weighted by Gasteiger charge is 2.13. The lowest BCUT2D eigenvalue weighted by Crippen LogP contribution is -2.33. The van der Waals surface area contributed by atoms with E-state index in [9.17, 15) is 4.79 Å². The lowest BCUT2D eigenvalue weighted by molar-refractivity contribution is -0.127. The predicted octanol–water partition coefficient (Wildman–Crippen LogP) is 3.91. The number of carbonyl (C=O) groups excluding carboxylic acids is 1. The molecule has 1 atom stereocenters. The van der Waals surface area contributed by atoms with Crippen molar-refractivity contribution in [2.45, 2.75) is 13.0 Å². The number of rotatable bonds is 5. The van der Waals surface area contributed by atoms with Gasteiger partial charge in [-0.2, -0.15) is 5.10 Å². The Labute approximate surface area is 138 Å². The van der Waals surface area contributed by atoms with Crippen molar-refractivity contribution >= 4 is 35.3 Å². The van der Waals surface area contributed by atoms with Crippen LogP contribution in [0.1, 0.15) is 12.5 Å². The normalized spacial score (nSPS) is 12.1. The van der Waals surface area contributed by atoms with Crippen LogP contribution in [0.25, 0.3) is 0 Å². The minimum absolute atomic E-state index is 0.372. The molecule has 0 heterocycles. The standard InChI is InChI=1S/C16H14Cl2N2O2/c1-11(22-14-7-4-6-13(17)9-14)16(21)20-19-10-12-5-2-3-8-15(12)18/h2-11H,1H3,(H,20,21)/b19-10+. The van der Waals surface area contributed by atoms with Crippen molar-refractivity contribution in [2.24, 2.45) is 5.10 Å². The first-order chi connectivity index (χ1) is 10.6. The van der Waals surface area contributed by atoms with Crippen molar-refractivity contribution in [1.29, 1.82) is 0 Å². The summed E-state index contributed by atoms with van der Waals surface area (Å²) >= 11 is 11.8. The number of hydrogen-bond acceptors (Lipinski definition) is 3. The molecule has 1 amide bonds. The van der Waals surface area contributed by atoms with Crippen molar-refractivity contribution in [1.82, 2.24) is 5.43 Å². The Hall–Kier alpha value is -2.04. The van der Waals surface area contributed by atoms with E-state index >= 15 is 0 Å². The highest BCUT2D eigenvalue weighted by atomic mass is 35.5. The molecule has 0 bridgehead atoms. The van der Waals surface area contributed by atoms with Crippen LogP contribution in [-0.2, 0) is 4.79 Å². The minimum Gasteiger partial charge on any atom is -0.481 e. The molecule has 2 rings (SSSR count). The molecule has 22 heavy (non-hydrogen) atoms. The second kappa shape index (κ2) is 7.82. The van der Waals surface area contributed by atoms with Crippen LogP contribution >= 0.6 is 23.2 Å². The van der Waals surface area contributed by atoms with Crippen LogP contribution in [0.3, 0.4) is 0 Å². The Bertz CT molecular complexity index is 689. The van der Waals surface area contributed by atoms with Crippen LogP contribution in [0.4, 0.5) is 0 Å². The van der Waals surface area contributed by atoms with Crippen LogP contribution in [0.15, 0.2) is 53.6 Å². The lowest BCUT2D eigenvalue weighted by atomic mass is 10.2. The molecule has 4 nitrogen and oxygen atoms in total. The number of amides is 1. The Morgan fingerprint density at radius 3 is 2.73 bits per heavy atom. The second-order valence-electron chi connectivity index (χ2n) is 4.47. The van der Waals surface area contributed by atoms with Crippen molar-refractivity contribution in [3.63, 3.8) is 0 Å². The van der Waals surface area contributed by atoms with Gasteiger partial charge < -0.3 is 4.74 Å². The zero-order valence-electron chi connectivity index (χ0n) is 11.8. The molecule has 2 aromatic rings. The average molecular weight is 337 g/mol. The largest absolute Gasteiger partial charge is 0.481 e. The molecule has 114 valence electrons. The molecular formula is C16H14Cl2N2O2. The first kappa shape index (κ1) is 16.3. The van der Waals surface area contributed by atoms with Crippen molar-refractivity contribution < 1.29 is 9.53 Å². The van der Waals surface area contributed by atoms with Gasteiger partial charge in [-0.05, 0) is 31.2 Å². The molecule has 0 saturated heterocycles. The van der Waals surface area contributed by atoms with Gasteiger partial charge in [0.25, 0.3) is 5.91 Å². The molecule has 0 aromatic heterocycles. The zero-order valence-corrected chi connectivity index (χ0v) is 13.3. The molecule has 1 N–H and O–H groups in total. The number of nitrogens with zero attached hydrogens (tertiary/aromatic N) is 1. The topological polar surface area (TPSA) is 50.7 Å². The van der Waals surface area contributed by atoms with Gasteiger partial charge >= 0.3 is 0 Å². The maximum atomic E-state index is 11.9. The molecule has 0 aliphatic carbocycles. The number of hydrogen-bond donors (Lipinski definition) is 1. The fraction of sp³-hybridized carbons (Fsp3) is 0.125. The molecule has 1 unspecified atom stereocenters. The van der Waals surface area contributed by atoms with E-state index in [1.165, 1.54) is 6.21 Å². The SMILES string of the molecule is CC(Oc1cccc(Cl)c1)C(=O)N/N=C/c1ccccc1Cl. The van der Waals surface area contributed by atoms with Gasteiger partial charge in [0.15, 0.2) is 6.10 Å². The summed E-state index contributed by atoms with van der Waals surface area (Å²) in [5.74, 6) is 0.147. The zero-order chi connectivity index (χ0) is 15.9. The lowest BCUT2D eigenvalue weighted by Gasteiger charge is -2.12. The maximum Gasteiger partial charge on any atom is 0.280 e. The van der Waals surface area contributed by atoms with Crippen LogP contribution in [0.5, 0.6) is 5.75 Å². The monoisotopic (exact) mass is 336 g/mol. The molecule has 6 heteroatoms. The van der Waals surface area contributed by atoms with E-state index in [1.54, 1.807) is 43.3 Å². The van der Waals surface area contributed by atoms with E-state index < -0.39 is 6.10 Å². The summed E-state index contributed by atoms with van der Waals surface area (Å²) in [5.41, 5.74) is 3.12. The average Bonchev–Trinajstić information content (AvgIpc) is 2.49. The molecule has 0 aliphatic heterocycles. The van der Waals surface area contributed by atoms with Gasteiger partial charge in [-0.25, -0.2) is 5.43 Å². The Morgan fingerprint density at radius 1 is 1.23 bits per heavy atom. The van der Waals surface area contributed by atoms with E-state index in [0.717, 1.165) is 0 Å². The molecule has 0 fully saturated rings. The van der Waals surface area contributed by atoms with Gasteiger partial charge in [0, 0.05) is 15.6 Å². The van der Waals surface area contributed by atoms with Crippen molar-refractivity contribution in [2.75, 3.05) is 0 Å². The van der Waals surface area contributed by atoms with E-state index in [1.807, 2.05) is 12.1 Å². The predicted molar refractivity (Wildman–Crippen MR) is 88.7 cm³/mol. The number of carbonyl (C=O) groups is 1. The number of hydrazone groups is 1. The van der Waals surface area contributed by atoms with Crippen molar-refractivity contribution in [3.8, 4) is 5.75 Å². The van der Waals surface area contributed by atoms with E-state index in [2.05, 4.69) is 10.5 Å². The van der Waals surface area contributed by atoms with Gasteiger partial charge in [0.1, 0.15) is 5.75 Å². The third-order valence-corrected chi connectivity index (χ3v) is 3.34. The summed E-state index contributed by atoms with van der Waals surface area (Å²) in [5, 5.41) is 4.97. The van der Waals surface area contributed by atoms with Crippen molar-refractivity contribution in [3.05, 3.63) is 64.1 Å². The summed E-state index contributed by atoms with van der Waals surface area (Å²) < 4.78 is 5.49. The Balaban J connectivity index is 1.90. The highest BCUT2D eigenvalue weighted by Crippen LogP contribution is 2.18. The van der Waals surface area contributed by atoms with Crippen LogP contribution in [-0.4, -0.2) is 18.2 Å². The maximum absolute atomic E-state index is 11.9. The van der Waals surface area contributed by atoms with Gasteiger partial charge in [-0.3, -0.25) is 4.79 Å². The fourth-order valence-electron chi connectivity index (χ4n) is 1.63. The summed E-state index contributed by atoms with van der Waals surface area (Å²) in [6.45, 7) is 1.63. The smallest absolute Gasteiger partial charge is 0.280 e. The van der Waals surface area contributed by atoms with Crippen LogP contribution in [0.2, 0.25) is 10.0 Å². The third-order valence-electron chi connectivity index (χ3n) is 2.76. The Morgan fingerprint density at radius 2 is 2.00 bits per heavy atom. The summed E-state index contributed by atoms with van der Waals surface area (Å²) in [7, 11) is 0. The molecular weight excluding hydrogens is 323 g/mol. The summed E-state index contributed by atoms with van der Waals surface area (Å²) in [4.78, 5) is 11.9. The highest BCUT2D eigenvalue weighted by molar-refractivity contribution is 6.33. The van der Waals surface area contributed by atoms with Gasteiger partial charge in [0.05, 0.1) is 6.21 Å². The molecule has 2 aromatic carbocycles. The molecule has 0 spiro atoms. The fourth-order valence-corrected chi connectivity index (χ4v) is 2.00. The third kappa shape index (κ3) is 4.76. The van der Waals surface area contributed by atoms with E-state index in [4.69, 9.17) is 27.9 Å². The number of halogens is 2. The van der Waals surface area contributed by atoms with E-state index in [0.29, 0.717) is 21.4 Å². The molecule has 0 saturated carbocycles. The van der Waals surface area contributed by atoms with Gasteiger partial charge in [-0.15, -0.1) is 0 Å². The summed E-state index contributed by atoms with van der Waals surface area (Å²) in [6, 6.07) is 14.0. The van der Waals surface area contributed by atoms with E-state index in [-0.39, 0.29) is 5.91 Å². The van der Waals surface area contributed by atoms with Gasteiger partial charge in [0.2, 0.25) is 0 Å². The second-order valence-corrected chi connectivity index (χ2v) is 5.32. The summed E-state index contributed by atoms with van der Waals surface area (Å²) in [6.07, 6.45) is 0.772. The van der Waals surface area contributed by atoms with Crippen LogP contribution in [0, 0.1) is 0 Å². The van der Waals surface area contributed by atoms with Gasteiger partial charge in [-0.1, -0.05) is 47.5 Å². The number of nitrogens with one attached hydrogen (secondary N) is 1. The molecule has 0 aliphatic rings. The first-order valence-electron chi connectivity index (χ1n) is 6.56. The molecule has 0 radical (unpaired) electrons. The number of benzene rings is 2. The quantitative estimate of drug-likeness (QED) is 0.664. The number of ether oxygens (including phenoxy) is 1. The van der Waals surface area contributed by atoms with Crippen LogP contribution < -0.4 is 10.2 Å².